The molecule has 0 N–H and O–H groups in total. The highest BCUT2D eigenvalue weighted by Gasteiger charge is 2.08. The van der Waals surface area contributed by atoms with Crippen molar-refractivity contribution in [3.05, 3.63) is 78.6 Å². The third-order valence-corrected chi connectivity index (χ3v) is 3.17. The van der Waals surface area contributed by atoms with E-state index in [1.807, 2.05) is 30.3 Å². The molecule has 0 aliphatic carbocycles. The van der Waals surface area contributed by atoms with Gasteiger partial charge < -0.3 is 4.74 Å². The third-order valence-electron chi connectivity index (χ3n) is 3.17. The zero-order chi connectivity index (χ0) is 14.5. The minimum absolute atomic E-state index is 0.231. The van der Waals surface area contributed by atoms with E-state index in [0.717, 1.165) is 22.3 Å². The van der Waals surface area contributed by atoms with Crippen molar-refractivity contribution in [3.8, 4) is 5.75 Å². The van der Waals surface area contributed by atoms with Crippen molar-refractivity contribution in [1.29, 1.82) is 0 Å². The van der Waals surface area contributed by atoms with Gasteiger partial charge in [-0.3, -0.25) is 0 Å². The highest BCUT2D eigenvalue weighted by Crippen LogP contribution is 2.28. The largest absolute Gasteiger partial charge is 0.494 e. The summed E-state index contributed by atoms with van der Waals surface area (Å²) in [6.07, 6.45) is 0.638. The van der Waals surface area contributed by atoms with Crippen LogP contribution in [0, 0.1) is 5.82 Å². The lowest BCUT2D eigenvalue weighted by molar-refractivity contribution is 0.386. The van der Waals surface area contributed by atoms with Crippen molar-refractivity contribution in [2.45, 2.75) is 6.42 Å². The first-order chi connectivity index (χ1) is 9.61. The zero-order valence-corrected chi connectivity index (χ0v) is 11.5. The monoisotopic (exact) mass is 268 g/mol. The summed E-state index contributed by atoms with van der Waals surface area (Å²) in [5, 5.41) is 0. The maximum atomic E-state index is 13.4. The van der Waals surface area contributed by atoms with E-state index in [4.69, 9.17) is 4.74 Å². The van der Waals surface area contributed by atoms with Gasteiger partial charge in [0.15, 0.2) is 11.6 Å². The number of benzene rings is 2. The van der Waals surface area contributed by atoms with Gasteiger partial charge in [-0.15, -0.1) is 0 Å². The Hall–Kier alpha value is -2.35. The Labute approximate surface area is 119 Å². The molecule has 0 aliphatic rings. The second kappa shape index (κ2) is 6.20. The molecule has 2 aromatic rings. The van der Waals surface area contributed by atoms with E-state index in [-0.39, 0.29) is 11.6 Å². The summed E-state index contributed by atoms with van der Waals surface area (Å²) in [6, 6.07) is 14.7. The number of halogens is 1. The minimum atomic E-state index is -0.370. The predicted octanol–water partition coefficient (Wildman–Crippen LogP) is 4.95. The molecule has 2 heteroatoms. The Morgan fingerprint density at radius 3 is 2.30 bits per heavy atom. The van der Waals surface area contributed by atoms with Gasteiger partial charge in [0.25, 0.3) is 0 Å². The number of methoxy groups -OCH3 is 1. The van der Waals surface area contributed by atoms with Crippen LogP contribution in [0.2, 0.25) is 0 Å². The highest BCUT2D eigenvalue weighted by molar-refractivity contribution is 5.78. The Balaban J connectivity index is 2.14. The summed E-state index contributed by atoms with van der Waals surface area (Å²) in [5.41, 5.74) is 3.82. The van der Waals surface area contributed by atoms with Crippen molar-refractivity contribution in [2.75, 3.05) is 7.11 Å². The minimum Gasteiger partial charge on any atom is -0.494 e. The van der Waals surface area contributed by atoms with Crippen LogP contribution in [0.1, 0.15) is 17.5 Å². The van der Waals surface area contributed by atoms with Crippen LogP contribution >= 0.6 is 0 Å². The number of hydrogen-bond acceptors (Lipinski definition) is 1. The van der Waals surface area contributed by atoms with Crippen LogP contribution in [0.4, 0.5) is 4.39 Å². The first-order valence-electron chi connectivity index (χ1n) is 6.36. The van der Waals surface area contributed by atoms with Gasteiger partial charge in [-0.2, -0.15) is 0 Å². The zero-order valence-electron chi connectivity index (χ0n) is 11.5. The summed E-state index contributed by atoms with van der Waals surface area (Å²) < 4.78 is 18.4. The summed E-state index contributed by atoms with van der Waals surface area (Å²) in [7, 11) is 1.45. The van der Waals surface area contributed by atoms with Gasteiger partial charge >= 0.3 is 0 Å². The lowest BCUT2D eigenvalue weighted by Gasteiger charge is -2.11. The average molecular weight is 268 g/mol. The van der Waals surface area contributed by atoms with Crippen molar-refractivity contribution in [2.24, 2.45) is 0 Å². The van der Waals surface area contributed by atoms with Gasteiger partial charge in [-0.05, 0) is 40.8 Å². The van der Waals surface area contributed by atoms with Crippen molar-refractivity contribution < 1.29 is 9.13 Å². The molecule has 0 aromatic heterocycles. The molecule has 0 atom stereocenters. The molecular formula is C18H17FO. The first kappa shape index (κ1) is 14.1. The molecule has 0 radical (unpaired) electrons. The molecule has 0 unspecified atom stereocenters. The molecule has 0 bridgehead atoms. The van der Waals surface area contributed by atoms with Crippen LogP contribution in [0.5, 0.6) is 5.75 Å². The fourth-order valence-electron chi connectivity index (χ4n) is 2.02. The molecule has 2 aromatic carbocycles. The van der Waals surface area contributed by atoms with Gasteiger partial charge in [0.1, 0.15) is 0 Å². The number of rotatable bonds is 5. The average Bonchev–Trinajstić information content (AvgIpc) is 2.48. The van der Waals surface area contributed by atoms with Gasteiger partial charge in [-0.1, -0.05) is 49.6 Å². The Morgan fingerprint density at radius 1 is 1.00 bits per heavy atom. The third kappa shape index (κ3) is 3.15. The van der Waals surface area contributed by atoms with Gasteiger partial charge in [0, 0.05) is 0 Å². The molecular weight excluding hydrogens is 251 g/mol. The molecule has 1 nitrogen and oxygen atoms in total. The summed E-state index contributed by atoms with van der Waals surface area (Å²) in [5.74, 6) is -0.139. The van der Waals surface area contributed by atoms with Crippen LogP contribution in [-0.2, 0) is 0 Å². The molecule has 20 heavy (non-hydrogen) atoms. The van der Waals surface area contributed by atoms with Gasteiger partial charge in [-0.25, -0.2) is 4.39 Å². The lowest BCUT2D eigenvalue weighted by Crippen LogP contribution is -1.92. The Bertz CT molecular complexity index is 629. The second-order valence-corrected chi connectivity index (χ2v) is 4.60. The second-order valence-electron chi connectivity index (χ2n) is 4.60. The van der Waals surface area contributed by atoms with Crippen LogP contribution < -0.4 is 4.74 Å². The molecule has 0 fully saturated rings. The molecule has 0 amide bonds. The van der Waals surface area contributed by atoms with E-state index in [1.54, 1.807) is 12.1 Å². The number of allylic oxidation sites excluding steroid dienone is 2. The van der Waals surface area contributed by atoms with Crippen molar-refractivity contribution in [3.63, 3.8) is 0 Å². The maximum Gasteiger partial charge on any atom is 0.165 e. The molecule has 102 valence electrons. The van der Waals surface area contributed by atoms with Crippen LogP contribution in [0.15, 0.2) is 61.7 Å². The first-order valence-corrected chi connectivity index (χ1v) is 6.36. The standard InChI is InChI=1S/C18H17FO/c1-13(15-7-5-4-6-8-15)11-14(2)16-9-10-17(19)18(12-16)20-3/h4-10,12H,1-2,11H2,3H3. The van der Waals surface area contributed by atoms with E-state index in [2.05, 4.69) is 13.2 Å². The van der Waals surface area contributed by atoms with Gasteiger partial charge in [0.2, 0.25) is 0 Å². The molecule has 0 aliphatic heterocycles. The Kier molecular flexibility index (Phi) is 4.36. The lowest BCUT2D eigenvalue weighted by atomic mass is 9.96. The topological polar surface area (TPSA) is 9.23 Å². The smallest absolute Gasteiger partial charge is 0.165 e. The quantitative estimate of drug-likeness (QED) is 0.745. The maximum absolute atomic E-state index is 13.4. The van der Waals surface area contributed by atoms with E-state index < -0.39 is 0 Å². The number of hydrogen-bond donors (Lipinski definition) is 0. The van der Waals surface area contributed by atoms with E-state index in [9.17, 15) is 4.39 Å². The van der Waals surface area contributed by atoms with Crippen LogP contribution in [0.25, 0.3) is 11.1 Å². The number of ether oxygens (including phenoxy) is 1. The van der Waals surface area contributed by atoms with E-state index in [0.29, 0.717) is 6.42 Å². The SMILES string of the molecule is C=C(CC(=C)c1ccc(F)c(OC)c1)c1ccccc1. The summed E-state index contributed by atoms with van der Waals surface area (Å²) in [4.78, 5) is 0. The molecule has 0 saturated carbocycles. The normalized spacial score (nSPS) is 10.1. The van der Waals surface area contributed by atoms with Crippen LogP contribution in [-0.4, -0.2) is 7.11 Å². The summed E-state index contributed by atoms with van der Waals surface area (Å²) in [6.45, 7) is 8.14. The van der Waals surface area contributed by atoms with Gasteiger partial charge in [0.05, 0.1) is 7.11 Å². The molecule has 0 spiro atoms. The Morgan fingerprint density at radius 2 is 1.65 bits per heavy atom. The van der Waals surface area contributed by atoms with Crippen LogP contribution in [0.3, 0.4) is 0 Å². The molecule has 0 saturated heterocycles. The van der Waals surface area contributed by atoms with E-state index >= 15 is 0 Å². The highest BCUT2D eigenvalue weighted by atomic mass is 19.1. The fourth-order valence-corrected chi connectivity index (χ4v) is 2.02. The van der Waals surface area contributed by atoms with Crippen molar-refractivity contribution in [1.82, 2.24) is 0 Å². The van der Waals surface area contributed by atoms with Crippen molar-refractivity contribution >= 4 is 11.1 Å². The molecule has 2 rings (SSSR count). The van der Waals surface area contributed by atoms with E-state index in [1.165, 1.54) is 13.2 Å². The fraction of sp³-hybridized carbons (Fsp3) is 0.111. The summed E-state index contributed by atoms with van der Waals surface area (Å²) >= 11 is 0. The predicted molar refractivity (Wildman–Crippen MR) is 82.1 cm³/mol. The molecule has 0 heterocycles.